The lowest BCUT2D eigenvalue weighted by Crippen LogP contribution is -2.03. The van der Waals surface area contributed by atoms with Crippen LogP contribution in [0.15, 0.2) is 48.5 Å². The number of hydrogen-bond acceptors (Lipinski definition) is 4. The normalized spacial score (nSPS) is 10.6. The van der Waals surface area contributed by atoms with E-state index in [0.717, 1.165) is 11.0 Å². The number of fused-ring (bicyclic) bond motifs is 1. The summed E-state index contributed by atoms with van der Waals surface area (Å²) in [6.07, 6.45) is 0. The molecule has 0 unspecified atom stereocenters. The second kappa shape index (κ2) is 5.00. The second-order valence-corrected chi connectivity index (χ2v) is 4.34. The van der Waals surface area contributed by atoms with Crippen molar-refractivity contribution in [1.82, 2.24) is 9.97 Å². The van der Waals surface area contributed by atoms with E-state index in [2.05, 4.69) is 15.3 Å². The van der Waals surface area contributed by atoms with Crippen molar-refractivity contribution >= 4 is 22.7 Å². The first kappa shape index (κ1) is 12.2. The average molecular weight is 268 g/mol. The molecule has 0 aliphatic carbocycles. The molecule has 0 atom stereocenters. The highest BCUT2D eigenvalue weighted by molar-refractivity contribution is 5.77. The number of aromatic nitrogens is 2. The predicted molar refractivity (Wildman–Crippen MR) is 76.5 cm³/mol. The van der Waals surface area contributed by atoms with Crippen molar-refractivity contribution < 1.29 is 4.92 Å². The fourth-order valence-electron chi connectivity index (χ4n) is 2.05. The number of nitrogens with zero attached hydrogens (tertiary/aromatic N) is 2. The van der Waals surface area contributed by atoms with E-state index in [1.54, 1.807) is 18.2 Å². The molecule has 1 heterocycles. The van der Waals surface area contributed by atoms with Crippen LogP contribution in [0.25, 0.3) is 11.0 Å². The van der Waals surface area contributed by atoms with E-state index in [1.807, 2.05) is 24.3 Å². The monoisotopic (exact) mass is 268 g/mol. The number of imidazole rings is 1. The average Bonchev–Trinajstić information content (AvgIpc) is 2.88. The number of nitrogens with one attached hydrogen (secondary N) is 2. The Hall–Kier alpha value is -2.89. The highest BCUT2D eigenvalue weighted by atomic mass is 16.6. The van der Waals surface area contributed by atoms with Crippen molar-refractivity contribution in [3.8, 4) is 0 Å². The third-order valence-corrected chi connectivity index (χ3v) is 3.02. The number of hydrogen-bond donors (Lipinski definition) is 2. The topological polar surface area (TPSA) is 83.8 Å². The standard InChI is InChI=1S/C14H12N4O2/c19-18(20)13-8-4-1-5-10(13)9-15-14-16-11-6-2-3-7-12(11)17-14/h1-8H,9H2,(H2,15,16,17). The van der Waals surface area contributed by atoms with Crippen LogP contribution < -0.4 is 5.32 Å². The zero-order valence-corrected chi connectivity index (χ0v) is 10.5. The number of benzene rings is 2. The van der Waals surface area contributed by atoms with E-state index in [4.69, 9.17) is 0 Å². The number of nitro benzene ring substituents is 1. The van der Waals surface area contributed by atoms with Gasteiger partial charge < -0.3 is 10.3 Å². The van der Waals surface area contributed by atoms with Crippen LogP contribution in [-0.4, -0.2) is 14.9 Å². The van der Waals surface area contributed by atoms with Crippen LogP contribution in [0, 0.1) is 10.1 Å². The van der Waals surface area contributed by atoms with Crippen molar-refractivity contribution in [2.75, 3.05) is 5.32 Å². The molecule has 0 saturated heterocycles. The van der Waals surface area contributed by atoms with Gasteiger partial charge in [-0.15, -0.1) is 0 Å². The van der Waals surface area contributed by atoms with Gasteiger partial charge in [0.2, 0.25) is 5.95 Å². The van der Waals surface area contributed by atoms with Crippen molar-refractivity contribution in [3.05, 3.63) is 64.2 Å². The molecular formula is C14H12N4O2. The first-order valence-electron chi connectivity index (χ1n) is 6.15. The lowest BCUT2D eigenvalue weighted by Gasteiger charge is -2.03. The van der Waals surface area contributed by atoms with Crippen LogP contribution in [0.3, 0.4) is 0 Å². The molecule has 6 nitrogen and oxygen atoms in total. The minimum absolute atomic E-state index is 0.108. The minimum atomic E-state index is -0.379. The number of anilines is 1. The molecule has 0 radical (unpaired) electrons. The number of rotatable bonds is 4. The first-order chi connectivity index (χ1) is 9.74. The molecule has 1 aromatic heterocycles. The number of nitro groups is 1. The molecule has 0 bridgehead atoms. The van der Waals surface area contributed by atoms with E-state index >= 15 is 0 Å². The molecule has 3 aromatic rings. The zero-order valence-electron chi connectivity index (χ0n) is 10.5. The Bertz CT molecular complexity index is 733. The van der Waals surface area contributed by atoms with Crippen molar-refractivity contribution in [2.24, 2.45) is 0 Å². The first-order valence-corrected chi connectivity index (χ1v) is 6.15. The summed E-state index contributed by atoms with van der Waals surface area (Å²) in [5, 5.41) is 14.0. The molecule has 100 valence electrons. The molecule has 0 saturated carbocycles. The van der Waals surface area contributed by atoms with E-state index in [9.17, 15) is 10.1 Å². The summed E-state index contributed by atoms with van der Waals surface area (Å²) in [4.78, 5) is 18.0. The van der Waals surface area contributed by atoms with Crippen LogP contribution in [0.5, 0.6) is 0 Å². The largest absolute Gasteiger partial charge is 0.351 e. The van der Waals surface area contributed by atoms with Crippen molar-refractivity contribution in [2.45, 2.75) is 6.54 Å². The Morgan fingerprint density at radius 3 is 2.70 bits per heavy atom. The van der Waals surface area contributed by atoms with Crippen LogP contribution in [0.4, 0.5) is 11.6 Å². The van der Waals surface area contributed by atoms with Gasteiger partial charge >= 0.3 is 0 Å². The fraction of sp³-hybridized carbons (Fsp3) is 0.0714. The number of para-hydroxylation sites is 3. The van der Waals surface area contributed by atoms with Gasteiger partial charge in [0.1, 0.15) is 0 Å². The third kappa shape index (κ3) is 2.31. The fourth-order valence-corrected chi connectivity index (χ4v) is 2.05. The molecule has 0 aliphatic rings. The molecule has 0 spiro atoms. The summed E-state index contributed by atoms with van der Waals surface area (Å²) >= 11 is 0. The Morgan fingerprint density at radius 2 is 1.90 bits per heavy atom. The summed E-state index contributed by atoms with van der Waals surface area (Å²) in [6, 6.07) is 14.3. The van der Waals surface area contributed by atoms with Gasteiger partial charge in [-0.3, -0.25) is 10.1 Å². The lowest BCUT2D eigenvalue weighted by atomic mass is 10.2. The predicted octanol–water partition coefficient (Wildman–Crippen LogP) is 3.08. The highest BCUT2D eigenvalue weighted by Crippen LogP contribution is 2.19. The quantitative estimate of drug-likeness (QED) is 0.562. The summed E-state index contributed by atoms with van der Waals surface area (Å²) < 4.78 is 0. The maximum absolute atomic E-state index is 10.9. The lowest BCUT2D eigenvalue weighted by molar-refractivity contribution is -0.385. The van der Waals surface area contributed by atoms with Gasteiger partial charge in [0.15, 0.2) is 0 Å². The summed E-state index contributed by atoms with van der Waals surface area (Å²) in [5.74, 6) is 0.601. The summed E-state index contributed by atoms with van der Waals surface area (Å²) in [5.41, 5.74) is 2.52. The smallest absolute Gasteiger partial charge is 0.274 e. The Labute approximate surface area is 114 Å². The maximum atomic E-state index is 10.9. The Kier molecular flexibility index (Phi) is 3.04. The highest BCUT2D eigenvalue weighted by Gasteiger charge is 2.12. The van der Waals surface area contributed by atoms with E-state index in [1.165, 1.54) is 6.07 Å². The number of H-pyrrole nitrogens is 1. The Morgan fingerprint density at radius 1 is 1.15 bits per heavy atom. The maximum Gasteiger partial charge on any atom is 0.274 e. The van der Waals surface area contributed by atoms with Gasteiger partial charge in [0, 0.05) is 18.2 Å². The molecule has 2 aromatic carbocycles. The van der Waals surface area contributed by atoms with Gasteiger partial charge in [-0.2, -0.15) is 0 Å². The molecule has 3 rings (SSSR count). The van der Waals surface area contributed by atoms with Gasteiger partial charge in [-0.05, 0) is 12.1 Å². The molecule has 20 heavy (non-hydrogen) atoms. The molecule has 0 aliphatic heterocycles. The van der Waals surface area contributed by atoms with Crippen molar-refractivity contribution in [1.29, 1.82) is 0 Å². The summed E-state index contributed by atoms with van der Waals surface area (Å²) in [6.45, 7) is 0.344. The molecule has 2 N–H and O–H groups in total. The molecule has 6 heteroatoms. The second-order valence-electron chi connectivity index (χ2n) is 4.34. The zero-order chi connectivity index (χ0) is 13.9. The van der Waals surface area contributed by atoms with E-state index < -0.39 is 0 Å². The molecular weight excluding hydrogens is 256 g/mol. The molecule has 0 amide bonds. The van der Waals surface area contributed by atoms with Gasteiger partial charge in [0.05, 0.1) is 16.0 Å². The van der Waals surface area contributed by atoms with E-state index in [0.29, 0.717) is 18.1 Å². The number of aromatic amines is 1. The van der Waals surface area contributed by atoms with Crippen LogP contribution in [-0.2, 0) is 6.54 Å². The van der Waals surface area contributed by atoms with Gasteiger partial charge in [-0.1, -0.05) is 30.3 Å². The van der Waals surface area contributed by atoms with Crippen LogP contribution in [0.2, 0.25) is 0 Å². The Balaban J connectivity index is 1.81. The van der Waals surface area contributed by atoms with E-state index in [-0.39, 0.29) is 10.6 Å². The van der Waals surface area contributed by atoms with Crippen LogP contribution >= 0.6 is 0 Å². The van der Waals surface area contributed by atoms with Gasteiger partial charge in [-0.25, -0.2) is 4.98 Å². The third-order valence-electron chi connectivity index (χ3n) is 3.02. The molecule has 0 fully saturated rings. The SMILES string of the molecule is O=[N+]([O-])c1ccccc1CNc1nc2ccccc2[nH]1. The van der Waals surface area contributed by atoms with Crippen molar-refractivity contribution in [3.63, 3.8) is 0 Å². The van der Waals surface area contributed by atoms with Gasteiger partial charge in [0.25, 0.3) is 5.69 Å². The minimum Gasteiger partial charge on any atom is -0.351 e. The van der Waals surface area contributed by atoms with Crippen LogP contribution in [0.1, 0.15) is 5.56 Å². The summed E-state index contributed by atoms with van der Waals surface area (Å²) in [7, 11) is 0.